The Morgan fingerprint density at radius 3 is 1.82 bits per heavy atom. The Balaban J connectivity index is 0.959. The van der Waals surface area contributed by atoms with Gasteiger partial charge in [-0.15, -0.1) is 0 Å². The van der Waals surface area contributed by atoms with E-state index in [-0.39, 0.29) is 0 Å². The van der Waals surface area contributed by atoms with Crippen molar-refractivity contribution in [3.63, 3.8) is 0 Å². The molecule has 0 aliphatic heterocycles. The number of hydrogen-bond donors (Lipinski definition) is 0. The minimum absolute atomic E-state index is 0.636. The number of anilines is 3. The molecule has 0 saturated carbocycles. The lowest BCUT2D eigenvalue weighted by Crippen LogP contribution is -2.10. The largest absolute Gasteiger partial charge is 0.435 e. The van der Waals surface area contributed by atoms with Crippen LogP contribution in [0.4, 0.5) is 17.1 Å². The van der Waals surface area contributed by atoms with Gasteiger partial charge in [-0.25, -0.2) is 4.98 Å². The lowest BCUT2D eigenvalue weighted by Gasteiger charge is -2.26. The van der Waals surface area contributed by atoms with Crippen molar-refractivity contribution in [2.75, 3.05) is 4.90 Å². The highest BCUT2D eigenvalue weighted by Crippen LogP contribution is 2.42. The van der Waals surface area contributed by atoms with Gasteiger partial charge < -0.3 is 13.9 Å². The van der Waals surface area contributed by atoms with Crippen LogP contribution in [0.15, 0.2) is 229 Å². The van der Waals surface area contributed by atoms with Crippen molar-refractivity contribution in [3.05, 3.63) is 224 Å². The Bertz CT molecular complexity index is 3560. The first-order valence-electron chi connectivity index (χ1n) is 20.7. The van der Waals surface area contributed by atoms with E-state index in [1.165, 1.54) is 43.7 Å². The highest BCUT2D eigenvalue weighted by molar-refractivity contribution is 6.11. The van der Waals surface area contributed by atoms with Crippen LogP contribution in [0.5, 0.6) is 0 Å². The van der Waals surface area contributed by atoms with Gasteiger partial charge in [0.25, 0.3) is 0 Å². The lowest BCUT2D eigenvalue weighted by molar-refractivity contribution is 0.623. The molecule has 0 atom stereocenters. The summed E-state index contributed by atoms with van der Waals surface area (Å²) in [7, 11) is 0. The van der Waals surface area contributed by atoms with Crippen LogP contribution >= 0.6 is 0 Å². The molecule has 4 heteroatoms. The monoisotopic (exact) mass is 779 g/mol. The van der Waals surface area contributed by atoms with Crippen LogP contribution in [-0.4, -0.2) is 9.55 Å². The smallest absolute Gasteiger partial charge is 0.227 e. The minimum Gasteiger partial charge on any atom is -0.435 e. The molecule has 0 bridgehead atoms. The van der Waals surface area contributed by atoms with Gasteiger partial charge in [0, 0.05) is 44.5 Å². The zero-order valence-corrected chi connectivity index (χ0v) is 33.1. The maximum Gasteiger partial charge on any atom is 0.227 e. The second-order valence-corrected chi connectivity index (χ2v) is 15.6. The Morgan fingerprint density at radius 1 is 0.377 bits per heavy atom. The molecule has 61 heavy (non-hydrogen) atoms. The van der Waals surface area contributed by atoms with Crippen LogP contribution in [-0.2, 0) is 0 Å². The molecule has 286 valence electrons. The Kier molecular flexibility index (Phi) is 8.13. The van der Waals surface area contributed by atoms with E-state index in [2.05, 4.69) is 204 Å². The third kappa shape index (κ3) is 5.96. The summed E-state index contributed by atoms with van der Waals surface area (Å²) in [4.78, 5) is 7.17. The summed E-state index contributed by atoms with van der Waals surface area (Å²) in [6, 6.07) is 80.1. The maximum absolute atomic E-state index is 6.35. The van der Waals surface area contributed by atoms with Gasteiger partial charge in [0.15, 0.2) is 5.58 Å². The van der Waals surface area contributed by atoms with Crippen molar-refractivity contribution >= 4 is 71.5 Å². The van der Waals surface area contributed by atoms with E-state index in [1.54, 1.807) is 0 Å². The molecule has 0 fully saturated rings. The average molecular weight is 780 g/mol. The standard InChI is InChI=1S/C57H37N3O/c1-3-13-41(14-4-1)57-58-53-34-27-43-36-42(26-33-50(43)56(53)61-57)38-22-28-45(29-23-38)59(46-30-24-40(25-31-46)49-20-11-15-39-12-7-8-18-48(39)49)47-32-35-55-52(37-47)51-19-9-10-21-54(51)60(55)44-16-5-2-6-17-44/h1-37H. The van der Waals surface area contributed by atoms with Crippen molar-refractivity contribution in [2.45, 2.75) is 0 Å². The first kappa shape index (κ1) is 34.8. The third-order valence-corrected chi connectivity index (χ3v) is 12.0. The average Bonchev–Trinajstić information content (AvgIpc) is 3.92. The molecular formula is C57H37N3O. The lowest BCUT2D eigenvalue weighted by atomic mass is 9.98. The predicted octanol–water partition coefficient (Wildman–Crippen LogP) is 15.7. The van der Waals surface area contributed by atoms with Gasteiger partial charge in [-0.2, -0.15) is 0 Å². The van der Waals surface area contributed by atoms with E-state index in [0.29, 0.717) is 5.89 Å². The molecule has 0 unspecified atom stereocenters. The summed E-state index contributed by atoms with van der Waals surface area (Å²) in [5, 5.41) is 7.08. The van der Waals surface area contributed by atoms with Crippen LogP contribution < -0.4 is 4.90 Å². The summed E-state index contributed by atoms with van der Waals surface area (Å²) in [6.45, 7) is 0. The number of nitrogens with zero attached hydrogens (tertiary/aromatic N) is 3. The normalized spacial score (nSPS) is 11.6. The quantitative estimate of drug-likeness (QED) is 0.162. The van der Waals surface area contributed by atoms with Crippen LogP contribution in [0.2, 0.25) is 0 Å². The number of para-hydroxylation sites is 2. The Labute approximate surface area is 352 Å². The molecular weight excluding hydrogens is 743 g/mol. The van der Waals surface area contributed by atoms with E-state index in [4.69, 9.17) is 9.40 Å². The molecule has 12 aromatic rings. The molecule has 10 aromatic carbocycles. The molecule has 0 aliphatic rings. The fraction of sp³-hybridized carbons (Fsp3) is 0. The third-order valence-electron chi connectivity index (χ3n) is 12.0. The first-order valence-corrected chi connectivity index (χ1v) is 20.7. The van der Waals surface area contributed by atoms with Crippen molar-refractivity contribution in [1.82, 2.24) is 9.55 Å². The second-order valence-electron chi connectivity index (χ2n) is 15.6. The molecule has 0 saturated heterocycles. The molecule has 2 aromatic heterocycles. The van der Waals surface area contributed by atoms with E-state index < -0.39 is 0 Å². The molecule has 0 amide bonds. The first-order chi connectivity index (χ1) is 30.2. The zero-order chi connectivity index (χ0) is 40.3. The number of benzene rings is 10. The number of fused-ring (bicyclic) bond motifs is 7. The van der Waals surface area contributed by atoms with Gasteiger partial charge in [0.2, 0.25) is 5.89 Å². The molecule has 2 heterocycles. The topological polar surface area (TPSA) is 34.2 Å². The molecule has 4 nitrogen and oxygen atoms in total. The summed E-state index contributed by atoms with van der Waals surface area (Å²) in [5.74, 6) is 0.636. The Morgan fingerprint density at radius 2 is 1.02 bits per heavy atom. The predicted molar refractivity (Wildman–Crippen MR) is 254 cm³/mol. The summed E-state index contributed by atoms with van der Waals surface area (Å²) in [6.07, 6.45) is 0. The number of hydrogen-bond acceptors (Lipinski definition) is 3. The van der Waals surface area contributed by atoms with Gasteiger partial charge in [-0.05, 0) is 129 Å². The summed E-state index contributed by atoms with van der Waals surface area (Å²) < 4.78 is 8.71. The fourth-order valence-corrected chi connectivity index (χ4v) is 9.07. The molecule has 0 aliphatic carbocycles. The molecule has 0 radical (unpaired) electrons. The van der Waals surface area contributed by atoms with Crippen LogP contribution in [0, 0.1) is 0 Å². The van der Waals surface area contributed by atoms with Gasteiger partial charge in [0.1, 0.15) is 5.52 Å². The van der Waals surface area contributed by atoms with E-state index in [9.17, 15) is 0 Å². The SMILES string of the molecule is c1ccc(-c2nc3ccc4cc(-c5ccc(N(c6ccc(-c7cccc8ccccc78)cc6)c6ccc7c(c6)c6ccccc6n7-c6ccccc6)cc5)ccc4c3o2)cc1. The molecule has 0 spiro atoms. The van der Waals surface area contributed by atoms with Gasteiger partial charge >= 0.3 is 0 Å². The number of oxazole rings is 1. The van der Waals surface area contributed by atoms with Gasteiger partial charge in [0.05, 0.1) is 11.0 Å². The highest BCUT2D eigenvalue weighted by atomic mass is 16.3. The zero-order valence-electron chi connectivity index (χ0n) is 33.1. The van der Waals surface area contributed by atoms with Crippen LogP contribution in [0.3, 0.4) is 0 Å². The fourth-order valence-electron chi connectivity index (χ4n) is 9.07. The Hall–Kier alpha value is -8.21. The summed E-state index contributed by atoms with van der Waals surface area (Å²) >= 11 is 0. The van der Waals surface area contributed by atoms with Crippen molar-refractivity contribution in [3.8, 4) is 39.4 Å². The maximum atomic E-state index is 6.35. The molecule has 0 N–H and O–H groups in total. The summed E-state index contributed by atoms with van der Waals surface area (Å²) in [5.41, 5.74) is 14.1. The number of aromatic nitrogens is 2. The van der Waals surface area contributed by atoms with Crippen molar-refractivity contribution < 1.29 is 4.42 Å². The van der Waals surface area contributed by atoms with Crippen molar-refractivity contribution in [2.24, 2.45) is 0 Å². The van der Waals surface area contributed by atoms with Crippen LogP contribution in [0.25, 0.3) is 93.8 Å². The van der Waals surface area contributed by atoms with Crippen molar-refractivity contribution in [1.29, 1.82) is 0 Å². The van der Waals surface area contributed by atoms with E-state index in [0.717, 1.165) is 61.3 Å². The van der Waals surface area contributed by atoms with E-state index >= 15 is 0 Å². The minimum atomic E-state index is 0.636. The van der Waals surface area contributed by atoms with Crippen LogP contribution in [0.1, 0.15) is 0 Å². The van der Waals surface area contributed by atoms with Gasteiger partial charge in [-0.1, -0.05) is 133 Å². The van der Waals surface area contributed by atoms with Gasteiger partial charge in [-0.3, -0.25) is 0 Å². The second kappa shape index (κ2) is 14.3. The molecule has 12 rings (SSSR count). The highest BCUT2D eigenvalue weighted by Gasteiger charge is 2.19. The van der Waals surface area contributed by atoms with E-state index in [1.807, 2.05) is 30.3 Å². The number of rotatable bonds is 7.